The Morgan fingerprint density at radius 3 is 2.68 bits per heavy atom. The van der Waals surface area contributed by atoms with Crippen LogP contribution in [-0.2, 0) is 7.05 Å². The van der Waals surface area contributed by atoms with Crippen molar-refractivity contribution in [3.05, 3.63) is 24.4 Å². The van der Waals surface area contributed by atoms with E-state index in [1.54, 1.807) is 19.3 Å². The number of hydrogen-bond donors (Lipinski definition) is 2. The van der Waals surface area contributed by atoms with Crippen molar-refractivity contribution in [2.45, 2.75) is 5.16 Å². The number of phenolic OH excluding ortho intramolecular Hbond substituents is 2. The quantitative estimate of drug-likeness (QED) is 0.389. The Labute approximate surface area is 150 Å². The number of nitrogens with zero attached hydrogens (tertiary/aromatic N) is 8. The van der Waals surface area contributed by atoms with Gasteiger partial charge in [-0.2, -0.15) is 14.5 Å². The van der Waals surface area contributed by atoms with Gasteiger partial charge >= 0.3 is 0 Å². The van der Waals surface area contributed by atoms with Crippen LogP contribution in [0.15, 0.2) is 50.0 Å². The average Bonchev–Trinajstić information content (AvgIpc) is 3.23. The van der Waals surface area contributed by atoms with E-state index in [0.717, 1.165) is 11.5 Å². The second-order valence-corrected chi connectivity index (χ2v) is 6.11. The van der Waals surface area contributed by atoms with Crippen LogP contribution < -0.4 is 0 Å². The van der Waals surface area contributed by atoms with E-state index in [4.69, 9.17) is 0 Å². The van der Waals surface area contributed by atoms with Crippen molar-refractivity contribution in [3.63, 3.8) is 0 Å². The number of aromatic nitrogens is 4. The topological polar surface area (TPSA) is 134 Å². The maximum Gasteiger partial charge on any atom is 0.250 e. The fourth-order valence-electron chi connectivity index (χ4n) is 1.72. The van der Waals surface area contributed by atoms with Crippen molar-refractivity contribution in [2.75, 3.05) is 6.26 Å². The van der Waals surface area contributed by atoms with E-state index in [1.165, 1.54) is 28.6 Å². The summed E-state index contributed by atoms with van der Waals surface area (Å²) in [7, 11) is 1.71. The average molecular weight is 376 g/mol. The summed E-state index contributed by atoms with van der Waals surface area (Å²) < 4.78 is 5.59. The molecule has 0 bridgehead atoms. The minimum Gasteiger partial charge on any atom is -0.504 e. The number of azo groups is 2. The van der Waals surface area contributed by atoms with Gasteiger partial charge < -0.3 is 10.2 Å². The molecule has 0 amide bonds. The fourth-order valence-corrected chi connectivity index (χ4v) is 2.77. The van der Waals surface area contributed by atoms with Crippen molar-refractivity contribution in [1.29, 1.82) is 0 Å². The highest BCUT2D eigenvalue weighted by Gasteiger charge is 2.10. The minimum atomic E-state index is -0.398. The Morgan fingerprint density at radius 1 is 1.16 bits per heavy atom. The normalized spacial score (nSPS) is 11.8. The lowest BCUT2D eigenvalue weighted by atomic mass is 10.2. The van der Waals surface area contributed by atoms with E-state index in [0.29, 0.717) is 16.1 Å². The summed E-state index contributed by atoms with van der Waals surface area (Å²) in [5.41, 5.74) is 0.340. The highest BCUT2D eigenvalue weighted by Crippen LogP contribution is 2.40. The first-order chi connectivity index (χ1) is 12.1. The molecular weight excluding hydrogens is 364 g/mol. The fraction of sp³-hybridized carbons (Fsp3) is 0.154. The smallest absolute Gasteiger partial charge is 0.250 e. The summed E-state index contributed by atoms with van der Waals surface area (Å²) in [4.78, 5) is 4.13. The molecule has 0 fully saturated rings. The van der Waals surface area contributed by atoms with Crippen LogP contribution in [0, 0.1) is 0 Å². The van der Waals surface area contributed by atoms with E-state index in [2.05, 4.69) is 34.9 Å². The van der Waals surface area contributed by atoms with E-state index < -0.39 is 5.75 Å². The molecule has 0 radical (unpaired) electrons. The zero-order valence-electron chi connectivity index (χ0n) is 13.1. The summed E-state index contributed by atoms with van der Waals surface area (Å²) in [6, 6.07) is 4.36. The summed E-state index contributed by atoms with van der Waals surface area (Å²) >= 11 is 2.51. The van der Waals surface area contributed by atoms with Gasteiger partial charge in [0, 0.05) is 30.7 Å². The van der Waals surface area contributed by atoms with Crippen LogP contribution in [0.1, 0.15) is 0 Å². The molecule has 2 aromatic heterocycles. The van der Waals surface area contributed by atoms with Crippen LogP contribution in [0.3, 0.4) is 0 Å². The number of hydrogen-bond acceptors (Lipinski definition) is 11. The predicted molar refractivity (Wildman–Crippen MR) is 93.0 cm³/mol. The van der Waals surface area contributed by atoms with Crippen molar-refractivity contribution in [2.24, 2.45) is 27.5 Å². The first-order valence-corrected chi connectivity index (χ1v) is 8.82. The van der Waals surface area contributed by atoms with Crippen molar-refractivity contribution in [1.82, 2.24) is 19.1 Å². The molecule has 128 valence electrons. The maximum atomic E-state index is 9.92. The van der Waals surface area contributed by atoms with Crippen molar-refractivity contribution >= 4 is 45.6 Å². The molecule has 0 saturated carbocycles. The third-order valence-electron chi connectivity index (χ3n) is 2.94. The van der Waals surface area contributed by atoms with Gasteiger partial charge in [0.1, 0.15) is 5.69 Å². The number of aryl methyl sites for hydroxylation is 1. The largest absolute Gasteiger partial charge is 0.504 e. The maximum absolute atomic E-state index is 9.92. The number of aromatic hydroxyl groups is 2. The molecule has 10 nitrogen and oxygen atoms in total. The first-order valence-electron chi connectivity index (χ1n) is 6.82. The summed E-state index contributed by atoms with van der Waals surface area (Å²) in [5, 5.41) is 40.5. The molecule has 2 N–H and O–H groups in total. The molecule has 12 heteroatoms. The van der Waals surface area contributed by atoms with Crippen LogP contribution in [0.25, 0.3) is 0 Å². The van der Waals surface area contributed by atoms with Gasteiger partial charge in [0.15, 0.2) is 17.3 Å². The monoisotopic (exact) mass is 376 g/mol. The molecule has 0 atom stereocenters. The molecular formula is C13H12N8O2S2. The number of benzene rings is 1. The Hall–Kier alpha value is -2.86. The molecule has 0 aliphatic rings. The highest BCUT2D eigenvalue weighted by atomic mass is 32.2. The first kappa shape index (κ1) is 17.0. The molecule has 0 aliphatic heterocycles. The summed E-state index contributed by atoms with van der Waals surface area (Å²) in [6.07, 6.45) is 3.43. The Bertz CT molecular complexity index is 949. The van der Waals surface area contributed by atoms with Gasteiger partial charge in [-0.1, -0.05) is 11.8 Å². The van der Waals surface area contributed by atoms with Crippen LogP contribution in [-0.4, -0.2) is 35.6 Å². The van der Waals surface area contributed by atoms with Crippen molar-refractivity contribution < 1.29 is 10.2 Å². The lowest BCUT2D eigenvalue weighted by Crippen LogP contribution is -1.86. The second-order valence-electron chi connectivity index (χ2n) is 4.61. The zero-order chi connectivity index (χ0) is 17.8. The lowest BCUT2D eigenvalue weighted by Gasteiger charge is -2.02. The Morgan fingerprint density at radius 2 is 2.00 bits per heavy atom. The third-order valence-corrected chi connectivity index (χ3v) is 4.20. The molecule has 3 aromatic rings. The van der Waals surface area contributed by atoms with Gasteiger partial charge in [0.2, 0.25) is 10.3 Å². The SMILES string of the molecule is CSc1nsc(N=Nc2cc(O)c(O)c(N=Nc3ccnn3C)c2)n1. The number of rotatable bonds is 5. The van der Waals surface area contributed by atoms with E-state index in [-0.39, 0.29) is 17.1 Å². The molecule has 0 saturated heterocycles. The van der Waals surface area contributed by atoms with Gasteiger partial charge in [-0.15, -0.1) is 20.5 Å². The molecule has 25 heavy (non-hydrogen) atoms. The van der Waals surface area contributed by atoms with E-state index in [1.807, 2.05) is 6.26 Å². The van der Waals surface area contributed by atoms with Crippen LogP contribution in [0.5, 0.6) is 11.5 Å². The minimum absolute atomic E-state index is 0.0530. The Balaban J connectivity index is 1.87. The zero-order valence-corrected chi connectivity index (χ0v) is 14.7. The van der Waals surface area contributed by atoms with Gasteiger partial charge in [0.25, 0.3) is 0 Å². The van der Waals surface area contributed by atoms with Crippen LogP contribution in [0.4, 0.5) is 22.3 Å². The molecule has 0 aliphatic carbocycles. The highest BCUT2D eigenvalue weighted by molar-refractivity contribution is 7.98. The van der Waals surface area contributed by atoms with Gasteiger partial charge in [-0.05, 0) is 12.3 Å². The van der Waals surface area contributed by atoms with Crippen molar-refractivity contribution in [3.8, 4) is 11.5 Å². The lowest BCUT2D eigenvalue weighted by molar-refractivity contribution is 0.405. The molecule has 3 rings (SSSR count). The summed E-state index contributed by atoms with van der Waals surface area (Å²) in [5.74, 6) is -0.285. The molecule has 0 unspecified atom stereocenters. The van der Waals surface area contributed by atoms with Gasteiger partial charge in [-0.3, -0.25) is 0 Å². The predicted octanol–water partition coefficient (Wildman–Crippen LogP) is 4.24. The van der Waals surface area contributed by atoms with Crippen LogP contribution >= 0.6 is 23.3 Å². The van der Waals surface area contributed by atoms with Gasteiger partial charge in [-0.25, -0.2) is 4.68 Å². The van der Waals surface area contributed by atoms with E-state index in [9.17, 15) is 10.2 Å². The van der Waals surface area contributed by atoms with Gasteiger partial charge in [0.05, 0.1) is 11.9 Å². The third kappa shape index (κ3) is 3.97. The molecule has 1 aromatic carbocycles. The van der Waals surface area contributed by atoms with Crippen LogP contribution in [0.2, 0.25) is 0 Å². The number of phenols is 2. The standard InChI is InChI=1S/C13H12N8O2S2/c1-21-10(3-4-14-21)18-17-8-5-7(6-9(22)11(8)23)16-19-12-15-13(24-2)20-25-12/h3-6,22-23H,1-2H3. The van der Waals surface area contributed by atoms with E-state index >= 15 is 0 Å². The molecule has 2 heterocycles. The Kier molecular flexibility index (Phi) is 5.00. The summed E-state index contributed by atoms with van der Waals surface area (Å²) in [6.45, 7) is 0. The number of thioether (sulfide) groups is 1. The molecule has 0 spiro atoms. The second kappa shape index (κ2) is 7.36.